The molecule has 0 saturated heterocycles. The van der Waals surface area contributed by atoms with Gasteiger partial charge in [-0.25, -0.2) is 4.79 Å². The Balaban J connectivity index is 3.90. The van der Waals surface area contributed by atoms with Gasteiger partial charge >= 0.3 is 6.03 Å². The molecule has 0 aromatic carbocycles. The molecule has 0 radical (unpaired) electrons. The van der Waals surface area contributed by atoms with Crippen molar-refractivity contribution < 1.29 is 9.53 Å². The van der Waals surface area contributed by atoms with E-state index in [9.17, 15) is 4.79 Å². The Hall–Kier alpha value is -1.10. The zero-order chi connectivity index (χ0) is 8.85. The first-order valence-electron chi connectivity index (χ1n) is 3.20. The Labute approximate surface area is 65.6 Å². The van der Waals surface area contributed by atoms with Gasteiger partial charge in [0.1, 0.15) is 5.84 Å². The maximum atomic E-state index is 10.6. The van der Waals surface area contributed by atoms with Crippen molar-refractivity contribution in [3.63, 3.8) is 0 Å². The lowest BCUT2D eigenvalue weighted by Gasteiger charge is -2.17. The first-order chi connectivity index (χ1) is 5.09. The summed E-state index contributed by atoms with van der Waals surface area (Å²) in [6, 6.07) is -0.616. The molecule has 2 amide bonds. The van der Waals surface area contributed by atoms with Crippen LogP contribution in [0.2, 0.25) is 0 Å². The number of amidine groups is 1. The van der Waals surface area contributed by atoms with E-state index in [1.54, 1.807) is 0 Å². The number of nitrogens with two attached hydrogens (primary N) is 1. The molecule has 0 spiro atoms. The minimum absolute atomic E-state index is 0.134. The highest BCUT2D eigenvalue weighted by molar-refractivity contribution is 5.93. The van der Waals surface area contributed by atoms with Crippen LogP contribution in [0.4, 0.5) is 4.79 Å². The van der Waals surface area contributed by atoms with Gasteiger partial charge in [-0.2, -0.15) is 0 Å². The summed E-state index contributed by atoms with van der Waals surface area (Å²) in [5.41, 5.74) is 4.97. The molecule has 5 heteroatoms. The van der Waals surface area contributed by atoms with Crippen LogP contribution < -0.4 is 5.73 Å². The quantitative estimate of drug-likeness (QED) is 0.449. The molecule has 5 nitrogen and oxygen atoms in total. The minimum Gasteiger partial charge on any atom is -0.383 e. The molecule has 0 aliphatic heterocycles. The average molecular weight is 159 g/mol. The molecule has 64 valence electrons. The molecule has 0 aromatic rings. The number of ether oxygens (including phenoxy) is 1. The number of nitrogens with one attached hydrogen (secondary N) is 1. The third-order valence-electron chi connectivity index (χ3n) is 1.19. The summed E-state index contributed by atoms with van der Waals surface area (Å²) < 4.78 is 4.73. The van der Waals surface area contributed by atoms with Crippen molar-refractivity contribution in [1.82, 2.24) is 4.90 Å². The molecule has 0 aromatic heterocycles. The number of urea groups is 1. The first-order valence-corrected chi connectivity index (χ1v) is 3.20. The van der Waals surface area contributed by atoms with Crippen LogP contribution in [0.1, 0.15) is 6.92 Å². The van der Waals surface area contributed by atoms with Gasteiger partial charge in [0.05, 0.1) is 13.2 Å². The van der Waals surface area contributed by atoms with Crippen LogP contribution in [-0.4, -0.2) is 37.0 Å². The van der Waals surface area contributed by atoms with Crippen LogP contribution in [-0.2, 0) is 4.74 Å². The Morgan fingerprint density at radius 1 is 1.73 bits per heavy atom. The fourth-order valence-corrected chi connectivity index (χ4v) is 0.626. The second-order valence-electron chi connectivity index (χ2n) is 2.07. The van der Waals surface area contributed by atoms with Gasteiger partial charge in [-0.05, 0) is 6.92 Å². The van der Waals surface area contributed by atoms with Crippen LogP contribution in [0.25, 0.3) is 0 Å². The Morgan fingerprint density at radius 2 is 2.27 bits per heavy atom. The van der Waals surface area contributed by atoms with Crippen molar-refractivity contribution in [2.24, 2.45) is 5.73 Å². The van der Waals surface area contributed by atoms with E-state index in [2.05, 4.69) is 0 Å². The Kier molecular flexibility index (Phi) is 4.21. The molecule has 0 aliphatic carbocycles. The third kappa shape index (κ3) is 3.57. The van der Waals surface area contributed by atoms with Gasteiger partial charge in [-0.3, -0.25) is 10.3 Å². The molecular formula is C6H13N3O2. The molecule has 0 fully saturated rings. The SMILES string of the molecule is COCCN(C(C)=N)C(N)=O. The van der Waals surface area contributed by atoms with E-state index in [1.807, 2.05) is 0 Å². The van der Waals surface area contributed by atoms with Gasteiger partial charge in [0.25, 0.3) is 0 Å². The lowest BCUT2D eigenvalue weighted by atomic mass is 10.5. The summed E-state index contributed by atoms with van der Waals surface area (Å²) in [4.78, 5) is 11.7. The van der Waals surface area contributed by atoms with E-state index in [0.29, 0.717) is 13.2 Å². The third-order valence-corrected chi connectivity index (χ3v) is 1.19. The summed E-state index contributed by atoms with van der Waals surface area (Å²) in [6.45, 7) is 2.22. The van der Waals surface area contributed by atoms with Gasteiger partial charge in [0.15, 0.2) is 0 Å². The fraction of sp³-hybridized carbons (Fsp3) is 0.667. The van der Waals surface area contributed by atoms with Crippen molar-refractivity contribution in [2.75, 3.05) is 20.3 Å². The van der Waals surface area contributed by atoms with Crippen LogP contribution in [0.5, 0.6) is 0 Å². The zero-order valence-electron chi connectivity index (χ0n) is 6.76. The highest BCUT2D eigenvalue weighted by Gasteiger charge is 2.09. The lowest BCUT2D eigenvalue weighted by Crippen LogP contribution is -2.40. The molecule has 0 heterocycles. The topological polar surface area (TPSA) is 79.4 Å². The molecule has 0 atom stereocenters. The minimum atomic E-state index is -0.616. The van der Waals surface area contributed by atoms with Crippen molar-refractivity contribution in [1.29, 1.82) is 5.41 Å². The maximum Gasteiger partial charge on any atom is 0.320 e. The van der Waals surface area contributed by atoms with Crippen molar-refractivity contribution in [2.45, 2.75) is 6.92 Å². The zero-order valence-corrected chi connectivity index (χ0v) is 6.76. The van der Waals surface area contributed by atoms with Gasteiger partial charge in [-0.1, -0.05) is 0 Å². The lowest BCUT2D eigenvalue weighted by molar-refractivity contribution is 0.175. The number of primary amides is 1. The van der Waals surface area contributed by atoms with E-state index in [4.69, 9.17) is 15.9 Å². The number of carbonyl (C=O) groups excluding carboxylic acids is 1. The summed E-state index contributed by atoms with van der Waals surface area (Å²) >= 11 is 0. The second-order valence-corrected chi connectivity index (χ2v) is 2.07. The number of methoxy groups -OCH3 is 1. The van der Waals surface area contributed by atoms with Gasteiger partial charge < -0.3 is 10.5 Å². The van der Waals surface area contributed by atoms with Gasteiger partial charge in [0.2, 0.25) is 0 Å². The number of hydrogen-bond donors (Lipinski definition) is 2. The van der Waals surface area contributed by atoms with Crippen molar-refractivity contribution in [3.05, 3.63) is 0 Å². The smallest absolute Gasteiger partial charge is 0.320 e. The molecule has 0 rings (SSSR count). The average Bonchev–Trinajstić information content (AvgIpc) is 1.87. The predicted molar refractivity (Wildman–Crippen MR) is 41.6 cm³/mol. The number of hydrogen-bond acceptors (Lipinski definition) is 3. The van der Waals surface area contributed by atoms with Gasteiger partial charge in [-0.15, -0.1) is 0 Å². The first kappa shape index (κ1) is 9.90. The second kappa shape index (κ2) is 4.68. The molecule has 0 bridgehead atoms. The summed E-state index contributed by atoms with van der Waals surface area (Å²) in [5.74, 6) is 0.134. The molecule has 3 N–H and O–H groups in total. The van der Waals surface area contributed by atoms with Crippen LogP contribution >= 0.6 is 0 Å². The highest BCUT2D eigenvalue weighted by atomic mass is 16.5. The van der Waals surface area contributed by atoms with E-state index >= 15 is 0 Å². The molecule has 0 saturated carbocycles. The van der Waals surface area contributed by atoms with E-state index in [1.165, 1.54) is 14.0 Å². The summed E-state index contributed by atoms with van der Waals surface area (Å²) in [6.07, 6.45) is 0. The van der Waals surface area contributed by atoms with Crippen molar-refractivity contribution in [3.8, 4) is 0 Å². The Bertz CT molecular complexity index is 144. The van der Waals surface area contributed by atoms with Crippen molar-refractivity contribution >= 4 is 11.9 Å². The normalized spacial score (nSPS) is 9.27. The summed E-state index contributed by atoms with van der Waals surface area (Å²) in [5, 5.41) is 7.13. The number of rotatable bonds is 3. The van der Waals surface area contributed by atoms with Crippen LogP contribution in [0, 0.1) is 5.41 Å². The Morgan fingerprint density at radius 3 is 2.55 bits per heavy atom. The summed E-state index contributed by atoms with van der Waals surface area (Å²) in [7, 11) is 1.53. The van der Waals surface area contributed by atoms with Crippen LogP contribution in [0.15, 0.2) is 0 Å². The number of amides is 2. The number of nitrogens with zero attached hydrogens (tertiary/aromatic N) is 1. The van der Waals surface area contributed by atoms with E-state index in [-0.39, 0.29) is 5.84 Å². The molecule has 0 unspecified atom stereocenters. The molecule has 11 heavy (non-hydrogen) atoms. The largest absolute Gasteiger partial charge is 0.383 e. The number of carbonyl (C=O) groups is 1. The molecule has 0 aliphatic rings. The van der Waals surface area contributed by atoms with Crippen LogP contribution in [0.3, 0.4) is 0 Å². The molecular weight excluding hydrogens is 146 g/mol. The van der Waals surface area contributed by atoms with E-state index < -0.39 is 6.03 Å². The van der Waals surface area contributed by atoms with E-state index in [0.717, 1.165) is 4.90 Å². The predicted octanol–water partition coefficient (Wildman–Crippen LogP) is 0.0107. The van der Waals surface area contributed by atoms with Gasteiger partial charge in [0, 0.05) is 7.11 Å². The highest BCUT2D eigenvalue weighted by Crippen LogP contribution is 1.88. The monoisotopic (exact) mass is 159 g/mol. The maximum absolute atomic E-state index is 10.6. The fourth-order valence-electron chi connectivity index (χ4n) is 0.626. The standard InChI is InChI=1S/C6H13N3O2/c1-5(7)9(6(8)10)3-4-11-2/h7H,3-4H2,1-2H3,(H2,8,10).